The van der Waals surface area contributed by atoms with E-state index in [1.165, 1.54) is 30.3 Å². The third-order valence-corrected chi connectivity index (χ3v) is 5.57. The van der Waals surface area contributed by atoms with Gasteiger partial charge in [0.1, 0.15) is 17.9 Å². The van der Waals surface area contributed by atoms with E-state index < -0.39 is 34.2 Å². The molecule has 2 aromatic carbocycles. The molecule has 176 valence electrons. The Morgan fingerprint density at radius 2 is 1.88 bits per heavy atom. The van der Waals surface area contributed by atoms with E-state index in [0.717, 1.165) is 0 Å². The van der Waals surface area contributed by atoms with Gasteiger partial charge in [0.05, 0.1) is 5.69 Å². The van der Waals surface area contributed by atoms with Crippen LogP contribution < -0.4 is 15.1 Å². The number of rotatable bonds is 6. The molecule has 3 aromatic rings. The van der Waals surface area contributed by atoms with Crippen LogP contribution in [0.5, 0.6) is 0 Å². The molecule has 1 amide bonds. The number of hydrogen-bond acceptors (Lipinski definition) is 6. The van der Waals surface area contributed by atoms with E-state index in [0.29, 0.717) is 16.0 Å². The molecule has 0 aliphatic carbocycles. The van der Waals surface area contributed by atoms with Gasteiger partial charge in [-0.3, -0.25) is 4.72 Å². The third kappa shape index (κ3) is 6.45. The molecule has 0 saturated heterocycles. The number of amides is 1. The van der Waals surface area contributed by atoms with Crippen LogP contribution in [-0.2, 0) is 28.0 Å². The van der Waals surface area contributed by atoms with Gasteiger partial charge >= 0.3 is 21.9 Å². The second-order valence-electron chi connectivity index (χ2n) is 8.21. The predicted molar refractivity (Wildman–Crippen MR) is 123 cm³/mol. The smallest absolute Gasteiger partial charge is 0.422 e. The number of anilines is 1. The largest absolute Gasteiger partial charge is 0.443 e. The standard InChI is InChI=1S/C22H22ClFN2O6S/c1-22(2,3)32-21(28)26-33(29,30)25-15-6-4-5-13(9-15)10-17-18(12-24)16-11-14(23)7-8-19(16)31-20(17)27/h4-9,11,25H,10,12H2,1-3H3,(H,26,28). The first-order valence-corrected chi connectivity index (χ1v) is 11.7. The monoisotopic (exact) mass is 496 g/mol. The van der Waals surface area contributed by atoms with Crippen molar-refractivity contribution in [3.63, 3.8) is 0 Å². The van der Waals surface area contributed by atoms with Gasteiger partial charge < -0.3 is 9.15 Å². The highest BCUT2D eigenvalue weighted by atomic mass is 35.5. The molecule has 1 heterocycles. The SMILES string of the molecule is CC(C)(C)OC(=O)NS(=O)(=O)Nc1cccc(Cc2c(CF)c3cc(Cl)ccc3oc2=O)c1. The Morgan fingerprint density at radius 3 is 2.55 bits per heavy atom. The molecule has 0 atom stereocenters. The lowest BCUT2D eigenvalue weighted by molar-refractivity contribution is 0.0570. The molecule has 0 spiro atoms. The highest BCUT2D eigenvalue weighted by Crippen LogP contribution is 2.26. The number of hydrogen-bond donors (Lipinski definition) is 2. The first-order chi connectivity index (χ1) is 15.4. The zero-order chi connectivity index (χ0) is 24.4. The van der Waals surface area contributed by atoms with Crippen molar-refractivity contribution in [1.82, 2.24) is 4.72 Å². The van der Waals surface area contributed by atoms with Gasteiger partial charge in [-0.1, -0.05) is 23.7 Å². The number of alkyl halides is 1. The highest BCUT2D eigenvalue weighted by molar-refractivity contribution is 7.91. The van der Waals surface area contributed by atoms with Crippen molar-refractivity contribution in [3.05, 3.63) is 74.6 Å². The van der Waals surface area contributed by atoms with E-state index in [1.54, 1.807) is 37.6 Å². The first-order valence-electron chi connectivity index (χ1n) is 9.79. The first kappa shape index (κ1) is 24.5. The van der Waals surface area contributed by atoms with E-state index in [9.17, 15) is 22.4 Å². The predicted octanol–water partition coefficient (Wildman–Crippen LogP) is 4.69. The minimum atomic E-state index is -4.28. The number of ether oxygens (including phenoxy) is 1. The molecule has 0 radical (unpaired) electrons. The van der Waals surface area contributed by atoms with Gasteiger partial charge in [0.25, 0.3) is 0 Å². The van der Waals surface area contributed by atoms with Crippen LogP contribution in [0.4, 0.5) is 14.9 Å². The van der Waals surface area contributed by atoms with Crippen LogP contribution in [0.15, 0.2) is 51.7 Å². The topological polar surface area (TPSA) is 115 Å². The Hall–Kier alpha value is -3.11. The van der Waals surface area contributed by atoms with E-state index in [-0.39, 0.29) is 28.8 Å². The molecule has 0 saturated carbocycles. The molecule has 8 nitrogen and oxygen atoms in total. The summed E-state index contributed by atoms with van der Waals surface area (Å²) in [4.78, 5) is 24.3. The van der Waals surface area contributed by atoms with Crippen molar-refractivity contribution >= 4 is 44.6 Å². The van der Waals surface area contributed by atoms with Gasteiger partial charge in [0.2, 0.25) is 0 Å². The molecule has 1 aromatic heterocycles. The summed E-state index contributed by atoms with van der Waals surface area (Å²) in [5.41, 5.74) is -0.473. The quantitative estimate of drug-likeness (QED) is 0.478. The van der Waals surface area contributed by atoms with Crippen molar-refractivity contribution in [2.24, 2.45) is 0 Å². The summed E-state index contributed by atoms with van der Waals surface area (Å²) < 4.78 is 52.6. The fourth-order valence-electron chi connectivity index (χ4n) is 3.14. The van der Waals surface area contributed by atoms with Crippen LogP contribution in [0.25, 0.3) is 11.0 Å². The summed E-state index contributed by atoms with van der Waals surface area (Å²) in [6.45, 7) is 3.88. The van der Waals surface area contributed by atoms with Gasteiger partial charge in [-0.25, -0.2) is 18.7 Å². The molecule has 0 aliphatic rings. The van der Waals surface area contributed by atoms with Gasteiger partial charge in [-0.05, 0) is 56.7 Å². The van der Waals surface area contributed by atoms with Crippen molar-refractivity contribution in [2.45, 2.75) is 39.5 Å². The zero-order valence-electron chi connectivity index (χ0n) is 18.1. The lowest BCUT2D eigenvalue weighted by Crippen LogP contribution is -2.39. The molecule has 3 rings (SSSR count). The van der Waals surface area contributed by atoms with Crippen molar-refractivity contribution in [1.29, 1.82) is 0 Å². The van der Waals surface area contributed by atoms with Crippen molar-refractivity contribution in [2.75, 3.05) is 4.72 Å². The van der Waals surface area contributed by atoms with Gasteiger partial charge in [-0.15, -0.1) is 0 Å². The average molecular weight is 497 g/mol. The van der Waals surface area contributed by atoms with Gasteiger partial charge in [0.15, 0.2) is 0 Å². The molecular weight excluding hydrogens is 475 g/mol. The zero-order valence-corrected chi connectivity index (χ0v) is 19.6. The molecule has 33 heavy (non-hydrogen) atoms. The van der Waals surface area contributed by atoms with Crippen LogP contribution in [-0.4, -0.2) is 20.1 Å². The molecule has 2 N–H and O–H groups in total. The molecule has 0 aliphatic heterocycles. The van der Waals surface area contributed by atoms with Crippen LogP contribution in [0, 0.1) is 0 Å². The van der Waals surface area contributed by atoms with Crippen LogP contribution in [0.2, 0.25) is 5.02 Å². The Labute approximate surface area is 194 Å². The normalized spacial score (nSPS) is 11.9. The summed E-state index contributed by atoms with van der Waals surface area (Å²) in [5.74, 6) is 0. The van der Waals surface area contributed by atoms with E-state index >= 15 is 0 Å². The number of fused-ring (bicyclic) bond motifs is 1. The summed E-state index contributed by atoms with van der Waals surface area (Å²) in [6.07, 6.45) is -1.15. The van der Waals surface area contributed by atoms with Gasteiger partial charge in [0, 0.05) is 28.0 Å². The average Bonchev–Trinajstić information content (AvgIpc) is 2.67. The lowest BCUT2D eigenvalue weighted by atomic mass is 9.99. The third-order valence-electron chi connectivity index (χ3n) is 4.39. The van der Waals surface area contributed by atoms with Crippen molar-refractivity contribution in [3.8, 4) is 0 Å². The summed E-state index contributed by atoms with van der Waals surface area (Å²) in [7, 11) is -4.28. The molecule has 0 unspecified atom stereocenters. The minimum Gasteiger partial charge on any atom is -0.443 e. The lowest BCUT2D eigenvalue weighted by Gasteiger charge is -2.19. The minimum absolute atomic E-state index is 0.0148. The second kappa shape index (κ2) is 9.40. The molecule has 11 heteroatoms. The van der Waals surface area contributed by atoms with E-state index in [1.807, 2.05) is 0 Å². The second-order valence-corrected chi connectivity index (χ2v) is 10.1. The van der Waals surface area contributed by atoms with E-state index in [2.05, 4.69) is 4.72 Å². The Bertz CT molecular complexity index is 1370. The maximum Gasteiger partial charge on any atom is 0.422 e. The molecule has 0 fully saturated rings. The molecular formula is C22H22ClFN2O6S. The summed E-state index contributed by atoms with van der Waals surface area (Å²) >= 11 is 6.01. The van der Waals surface area contributed by atoms with Crippen LogP contribution >= 0.6 is 11.6 Å². The summed E-state index contributed by atoms with van der Waals surface area (Å²) in [5, 5.41) is 0.754. The maximum absolute atomic E-state index is 13.9. The number of benzene rings is 2. The fraction of sp³-hybridized carbons (Fsp3) is 0.273. The van der Waals surface area contributed by atoms with E-state index in [4.69, 9.17) is 20.8 Å². The van der Waals surface area contributed by atoms with Crippen LogP contribution in [0.1, 0.15) is 37.5 Å². The number of carbonyl (C=O) groups excluding carboxylic acids is 1. The summed E-state index contributed by atoms with van der Waals surface area (Å²) in [6, 6.07) is 10.7. The highest BCUT2D eigenvalue weighted by Gasteiger charge is 2.21. The molecule has 0 bridgehead atoms. The maximum atomic E-state index is 13.9. The van der Waals surface area contributed by atoms with Crippen molar-refractivity contribution < 1.29 is 26.8 Å². The number of carbonyl (C=O) groups is 1. The number of nitrogens with one attached hydrogen (secondary N) is 2. The van der Waals surface area contributed by atoms with Gasteiger partial charge in [-0.2, -0.15) is 8.42 Å². The number of halogens is 2. The Morgan fingerprint density at radius 1 is 1.15 bits per heavy atom. The Balaban J connectivity index is 1.86. The van der Waals surface area contributed by atoms with Crippen LogP contribution in [0.3, 0.4) is 0 Å². The fourth-order valence-corrected chi connectivity index (χ4v) is 4.07. The Kier molecular flexibility index (Phi) is 6.99.